The molecule has 4 N–H and O–H groups in total. The summed E-state index contributed by atoms with van der Waals surface area (Å²) < 4.78 is 32.9. The first-order chi connectivity index (χ1) is 17.4. The number of carbonyl (C=O) groups excluding carboxylic acids is 2. The third-order valence-electron chi connectivity index (χ3n) is 5.98. The van der Waals surface area contributed by atoms with Crippen molar-refractivity contribution in [2.24, 2.45) is 0 Å². The summed E-state index contributed by atoms with van der Waals surface area (Å²) in [6, 6.07) is 18.9. The van der Waals surface area contributed by atoms with E-state index in [1.54, 1.807) is 0 Å². The number of hydrogen-bond acceptors (Lipinski definition) is 4. The van der Waals surface area contributed by atoms with Crippen molar-refractivity contribution in [3.05, 3.63) is 84.4 Å². The summed E-state index contributed by atoms with van der Waals surface area (Å²) in [5.41, 5.74) is 2.49. The van der Waals surface area contributed by atoms with Gasteiger partial charge in [-0.25, -0.2) is 13.6 Å². The van der Waals surface area contributed by atoms with Gasteiger partial charge in [0.15, 0.2) is 0 Å². The molecule has 9 heteroatoms. The largest absolute Gasteiger partial charge is 0.394 e. The van der Waals surface area contributed by atoms with Gasteiger partial charge in [-0.3, -0.25) is 4.79 Å². The molecule has 188 valence electrons. The third kappa shape index (κ3) is 6.65. The first kappa shape index (κ1) is 25.3. The van der Waals surface area contributed by atoms with E-state index in [2.05, 4.69) is 16.0 Å². The Morgan fingerprint density at radius 1 is 0.917 bits per heavy atom. The SMILES string of the molecule is O=C(C[C@@H]1CC[C@@H](NC(=O)Nc2cc(F)ccc2F)[C@H](CO)O1)Nc1ccc(-c2ccccc2)cc1. The van der Waals surface area contributed by atoms with Crippen molar-refractivity contribution in [2.75, 3.05) is 17.2 Å². The summed E-state index contributed by atoms with van der Waals surface area (Å²) in [7, 11) is 0. The summed E-state index contributed by atoms with van der Waals surface area (Å²) >= 11 is 0. The summed E-state index contributed by atoms with van der Waals surface area (Å²) in [4.78, 5) is 24.8. The second-order valence-electron chi connectivity index (χ2n) is 8.58. The molecule has 1 aliphatic heterocycles. The van der Waals surface area contributed by atoms with Crippen LogP contribution in [0.15, 0.2) is 72.8 Å². The van der Waals surface area contributed by atoms with Crippen molar-refractivity contribution in [3.8, 4) is 11.1 Å². The number of urea groups is 1. The van der Waals surface area contributed by atoms with Crippen LogP contribution in [0.1, 0.15) is 19.3 Å². The fourth-order valence-electron chi connectivity index (χ4n) is 4.16. The highest BCUT2D eigenvalue weighted by atomic mass is 19.1. The van der Waals surface area contributed by atoms with Crippen LogP contribution < -0.4 is 16.0 Å². The van der Waals surface area contributed by atoms with E-state index in [0.717, 1.165) is 29.3 Å². The van der Waals surface area contributed by atoms with Crippen LogP contribution >= 0.6 is 0 Å². The molecule has 3 atom stereocenters. The maximum Gasteiger partial charge on any atom is 0.319 e. The van der Waals surface area contributed by atoms with Gasteiger partial charge in [-0.2, -0.15) is 0 Å². The van der Waals surface area contributed by atoms with Crippen LogP contribution in [0.4, 0.5) is 25.0 Å². The lowest BCUT2D eigenvalue weighted by Gasteiger charge is -2.35. The molecule has 3 aromatic rings. The number of nitrogens with one attached hydrogen (secondary N) is 3. The van der Waals surface area contributed by atoms with E-state index in [1.165, 1.54) is 0 Å². The number of anilines is 2. The number of halogens is 2. The lowest BCUT2D eigenvalue weighted by atomic mass is 9.97. The number of aliphatic hydroxyl groups excluding tert-OH is 1. The molecule has 1 aliphatic rings. The molecule has 0 bridgehead atoms. The normalized spacial score (nSPS) is 19.4. The molecule has 4 rings (SSSR count). The van der Waals surface area contributed by atoms with Crippen molar-refractivity contribution < 1.29 is 28.2 Å². The topological polar surface area (TPSA) is 99.7 Å². The maximum absolute atomic E-state index is 13.8. The second kappa shape index (κ2) is 11.7. The van der Waals surface area contributed by atoms with Gasteiger partial charge in [0.25, 0.3) is 0 Å². The number of benzene rings is 3. The Labute approximate surface area is 207 Å². The highest BCUT2D eigenvalue weighted by Gasteiger charge is 2.33. The van der Waals surface area contributed by atoms with Crippen molar-refractivity contribution in [1.29, 1.82) is 0 Å². The molecule has 0 aliphatic carbocycles. The van der Waals surface area contributed by atoms with Crippen LogP contribution in [0.25, 0.3) is 11.1 Å². The Balaban J connectivity index is 1.26. The summed E-state index contributed by atoms with van der Waals surface area (Å²) in [5, 5.41) is 17.5. The van der Waals surface area contributed by atoms with Gasteiger partial charge in [0.2, 0.25) is 5.91 Å². The van der Waals surface area contributed by atoms with Gasteiger partial charge in [-0.05, 0) is 48.2 Å². The van der Waals surface area contributed by atoms with Gasteiger partial charge in [-0.1, -0.05) is 42.5 Å². The van der Waals surface area contributed by atoms with E-state index in [4.69, 9.17) is 4.74 Å². The molecular weight excluding hydrogens is 468 g/mol. The minimum atomic E-state index is -0.772. The number of aliphatic hydroxyl groups is 1. The highest BCUT2D eigenvalue weighted by Crippen LogP contribution is 2.24. The van der Waals surface area contributed by atoms with E-state index in [-0.39, 0.29) is 24.6 Å². The van der Waals surface area contributed by atoms with Crippen molar-refractivity contribution in [3.63, 3.8) is 0 Å². The molecule has 0 aromatic heterocycles. The van der Waals surface area contributed by atoms with Crippen molar-refractivity contribution in [2.45, 2.75) is 37.5 Å². The zero-order valence-corrected chi connectivity index (χ0v) is 19.4. The highest BCUT2D eigenvalue weighted by molar-refractivity contribution is 5.91. The Kier molecular flexibility index (Phi) is 8.24. The molecule has 0 spiro atoms. The minimum Gasteiger partial charge on any atom is -0.394 e. The van der Waals surface area contributed by atoms with Gasteiger partial charge in [-0.15, -0.1) is 0 Å². The van der Waals surface area contributed by atoms with Crippen molar-refractivity contribution in [1.82, 2.24) is 5.32 Å². The summed E-state index contributed by atoms with van der Waals surface area (Å²) in [6.45, 7) is -0.377. The van der Waals surface area contributed by atoms with Gasteiger partial charge in [0, 0.05) is 11.8 Å². The van der Waals surface area contributed by atoms with Gasteiger partial charge >= 0.3 is 6.03 Å². The number of hydrogen-bond donors (Lipinski definition) is 4. The molecule has 0 radical (unpaired) electrons. The molecule has 0 saturated carbocycles. The van der Waals surface area contributed by atoms with E-state index in [1.807, 2.05) is 54.6 Å². The summed E-state index contributed by atoms with van der Waals surface area (Å²) in [5.74, 6) is -1.69. The lowest BCUT2D eigenvalue weighted by Crippen LogP contribution is -2.52. The molecule has 7 nitrogen and oxygen atoms in total. The van der Waals surface area contributed by atoms with Crippen LogP contribution in [0.3, 0.4) is 0 Å². The average Bonchev–Trinajstić information content (AvgIpc) is 2.88. The standard InChI is InChI=1S/C27H27F2N3O4/c28-19-8-12-22(29)24(14-19)32-27(35)31-23-13-11-21(36-25(23)16-33)15-26(34)30-20-9-6-18(7-10-20)17-4-2-1-3-5-17/h1-10,12,14,21,23,25,33H,11,13,15-16H2,(H,30,34)(H2,31,32,35)/t21-,23+,25-/m0/s1. The number of carbonyl (C=O) groups is 2. The molecule has 36 heavy (non-hydrogen) atoms. The van der Waals surface area contributed by atoms with Crippen molar-refractivity contribution >= 4 is 23.3 Å². The fourth-order valence-corrected chi connectivity index (χ4v) is 4.16. The Hall–Kier alpha value is -3.82. The van der Waals surface area contributed by atoms with Crippen LogP contribution in [-0.2, 0) is 9.53 Å². The summed E-state index contributed by atoms with van der Waals surface area (Å²) in [6.07, 6.45) is -0.188. The number of amides is 3. The van der Waals surface area contributed by atoms with Gasteiger partial charge in [0.05, 0.1) is 30.9 Å². The quantitative estimate of drug-likeness (QED) is 0.382. The lowest BCUT2D eigenvalue weighted by molar-refractivity contribution is -0.126. The molecule has 1 saturated heterocycles. The maximum atomic E-state index is 13.8. The zero-order chi connectivity index (χ0) is 25.5. The fraction of sp³-hybridized carbons (Fsp3) is 0.259. The minimum absolute atomic E-state index is 0.0877. The molecule has 1 fully saturated rings. The Bertz CT molecular complexity index is 1190. The van der Waals surface area contributed by atoms with Gasteiger partial charge < -0.3 is 25.8 Å². The van der Waals surface area contributed by atoms with Crippen LogP contribution in [0.5, 0.6) is 0 Å². The molecule has 0 unspecified atom stereocenters. The monoisotopic (exact) mass is 495 g/mol. The zero-order valence-electron chi connectivity index (χ0n) is 19.4. The number of ether oxygens (including phenoxy) is 1. The predicted octanol–water partition coefficient (Wildman–Crippen LogP) is 4.69. The van der Waals surface area contributed by atoms with E-state index >= 15 is 0 Å². The van der Waals surface area contributed by atoms with Gasteiger partial charge in [0.1, 0.15) is 17.7 Å². The van der Waals surface area contributed by atoms with E-state index in [0.29, 0.717) is 18.5 Å². The molecular formula is C27H27F2N3O4. The van der Waals surface area contributed by atoms with E-state index in [9.17, 15) is 23.5 Å². The molecule has 1 heterocycles. The predicted molar refractivity (Wildman–Crippen MR) is 132 cm³/mol. The third-order valence-corrected chi connectivity index (χ3v) is 5.98. The Morgan fingerprint density at radius 3 is 2.36 bits per heavy atom. The van der Waals surface area contributed by atoms with Crippen LogP contribution in [0, 0.1) is 11.6 Å². The van der Waals surface area contributed by atoms with Crippen LogP contribution in [0.2, 0.25) is 0 Å². The average molecular weight is 496 g/mol. The first-order valence-electron chi connectivity index (χ1n) is 11.7. The molecule has 3 aromatic carbocycles. The molecule has 3 amide bonds. The number of rotatable bonds is 7. The smallest absolute Gasteiger partial charge is 0.319 e. The second-order valence-corrected chi connectivity index (χ2v) is 8.58. The van der Waals surface area contributed by atoms with Crippen LogP contribution in [-0.4, -0.2) is 41.9 Å². The first-order valence-corrected chi connectivity index (χ1v) is 11.7. The van der Waals surface area contributed by atoms with E-state index < -0.39 is 35.9 Å². The Morgan fingerprint density at radius 2 is 1.64 bits per heavy atom.